The van der Waals surface area contributed by atoms with Crippen molar-refractivity contribution in [1.29, 1.82) is 0 Å². The first-order valence-corrected chi connectivity index (χ1v) is 13.0. The predicted octanol–water partition coefficient (Wildman–Crippen LogP) is 4.47. The van der Waals surface area contributed by atoms with Crippen molar-refractivity contribution in [2.75, 3.05) is 11.5 Å². The molecule has 1 heterocycles. The highest BCUT2D eigenvalue weighted by atomic mass is 32.2. The molecule has 0 radical (unpaired) electrons. The third kappa shape index (κ3) is 7.96. The smallest absolute Gasteiger partial charge is 0.433 e. The van der Waals surface area contributed by atoms with E-state index in [1.807, 2.05) is 0 Å². The van der Waals surface area contributed by atoms with E-state index in [1.165, 1.54) is 18.2 Å². The van der Waals surface area contributed by atoms with Gasteiger partial charge in [0.15, 0.2) is 0 Å². The number of nitrogens with zero attached hydrogens (tertiary/aromatic N) is 1. The van der Waals surface area contributed by atoms with Gasteiger partial charge in [-0.05, 0) is 49.4 Å². The van der Waals surface area contributed by atoms with E-state index in [0.717, 1.165) is 6.07 Å². The van der Waals surface area contributed by atoms with Crippen molar-refractivity contribution < 1.29 is 48.8 Å². The molecular weight excluding hydrogens is 544 g/mol. The zero-order valence-electron chi connectivity index (χ0n) is 19.7. The molecule has 15 heteroatoms. The molecule has 1 amide bonds. The topological polar surface area (TPSA) is 132 Å². The molecule has 1 aliphatic carbocycles. The van der Waals surface area contributed by atoms with Crippen molar-refractivity contribution in [2.24, 2.45) is 5.92 Å². The molecule has 4 N–H and O–H groups in total. The summed E-state index contributed by atoms with van der Waals surface area (Å²) in [4.78, 5) is 16.4. The summed E-state index contributed by atoms with van der Waals surface area (Å²) in [6.07, 6.45) is -10.7. The summed E-state index contributed by atoms with van der Waals surface area (Å²) in [7, 11) is -4.64. The number of amides is 1. The van der Waals surface area contributed by atoms with Crippen molar-refractivity contribution in [3.8, 4) is 5.88 Å². The molecule has 2 aromatic rings. The molecule has 210 valence electrons. The highest BCUT2D eigenvalue weighted by Gasteiger charge is 2.42. The van der Waals surface area contributed by atoms with Crippen LogP contribution in [0.4, 0.5) is 32.0 Å². The number of hydrogen-bond acceptors (Lipinski definition) is 6. The third-order valence-electron chi connectivity index (χ3n) is 6.16. The number of nitrogens with two attached hydrogens (primary N) is 1. The Morgan fingerprint density at radius 3 is 2.26 bits per heavy atom. The molecule has 0 saturated heterocycles. The number of anilines is 1. The minimum atomic E-state index is -4.83. The largest absolute Gasteiger partial charge is 0.474 e. The molecule has 1 aromatic carbocycles. The summed E-state index contributed by atoms with van der Waals surface area (Å²) < 4.78 is 117. The highest BCUT2D eigenvalue weighted by molar-refractivity contribution is 7.85. The number of nitrogens with one attached hydrogen (secondary N) is 1. The molecular formula is C23H25F6N3O5S. The van der Waals surface area contributed by atoms with Gasteiger partial charge in [-0.25, -0.2) is 4.98 Å². The minimum absolute atomic E-state index is 0.0177. The maximum atomic E-state index is 13.3. The lowest BCUT2D eigenvalue weighted by molar-refractivity contribution is -0.185. The van der Waals surface area contributed by atoms with Gasteiger partial charge < -0.3 is 15.8 Å². The monoisotopic (exact) mass is 569 g/mol. The van der Waals surface area contributed by atoms with Crippen LogP contribution in [0.25, 0.3) is 0 Å². The Morgan fingerprint density at radius 2 is 1.71 bits per heavy atom. The Morgan fingerprint density at radius 1 is 1.08 bits per heavy atom. The van der Waals surface area contributed by atoms with E-state index < -0.39 is 70.2 Å². The number of carbonyl (C=O) groups is 1. The standard InChI is InChI=1S/C23H25F6N3O5S/c24-22(25,26)14-6-8-15(9-7-14)37-21-13(5-10-19(32-21)23(27,28)29)11-31-20(33)17(12-38(34,35)36)16-3-1-2-4-18(16)30/h1-5,10,14-15,17H,6-9,11-12,30H2,(H,31,33)(H,34,35,36). The van der Waals surface area contributed by atoms with Crippen molar-refractivity contribution >= 4 is 21.7 Å². The first-order valence-electron chi connectivity index (χ1n) is 11.4. The Bertz CT molecular complexity index is 1240. The van der Waals surface area contributed by atoms with Gasteiger partial charge in [0.1, 0.15) is 11.8 Å². The zero-order valence-corrected chi connectivity index (χ0v) is 20.5. The van der Waals surface area contributed by atoms with Gasteiger partial charge in [0.25, 0.3) is 10.1 Å². The Balaban J connectivity index is 1.81. The van der Waals surface area contributed by atoms with Crippen LogP contribution in [-0.2, 0) is 27.6 Å². The Labute approximate surface area is 214 Å². The molecule has 1 saturated carbocycles. The Hall–Kier alpha value is -3.07. The van der Waals surface area contributed by atoms with Crippen molar-refractivity contribution in [1.82, 2.24) is 10.3 Å². The van der Waals surface area contributed by atoms with Crippen LogP contribution in [-0.4, -0.2) is 41.9 Å². The number of halogens is 6. The second-order valence-corrected chi connectivity index (χ2v) is 10.4. The number of benzene rings is 1. The van der Waals surface area contributed by atoms with Crippen LogP contribution in [0, 0.1) is 5.92 Å². The van der Waals surface area contributed by atoms with E-state index in [2.05, 4.69) is 10.3 Å². The minimum Gasteiger partial charge on any atom is -0.474 e. The molecule has 0 aliphatic heterocycles. The second-order valence-electron chi connectivity index (χ2n) is 8.94. The van der Waals surface area contributed by atoms with Gasteiger partial charge in [-0.15, -0.1) is 0 Å². The van der Waals surface area contributed by atoms with Crippen LogP contribution in [0.2, 0.25) is 0 Å². The van der Waals surface area contributed by atoms with Gasteiger partial charge in [0, 0.05) is 17.8 Å². The molecule has 1 atom stereocenters. The van der Waals surface area contributed by atoms with E-state index in [0.29, 0.717) is 6.07 Å². The summed E-state index contributed by atoms with van der Waals surface area (Å²) in [5, 5.41) is 2.39. The fourth-order valence-corrected chi connectivity index (χ4v) is 4.93. The lowest BCUT2D eigenvalue weighted by atomic mass is 9.87. The van der Waals surface area contributed by atoms with Gasteiger partial charge in [0.05, 0.1) is 17.6 Å². The van der Waals surface area contributed by atoms with Crippen LogP contribution >= 0.6 is 0 Å². The molecule has 3 rings (SSSR count). The van der Waals surface area contributed by atoms with E-state index >= 15 is 0 Å². The summed E-state index contributed by atoms with van der Waals surface area (Å²) >= 11 is 0. The number of para-hydroxylation sites is 1. The summed E-state index contributed by atoms with van der Waals surface area (Å²) in [6.45, 7) is -0.452. The van der Waals surface area contributed by atoms with Gasteiger partial charge in [-0.2, -0.15) is 34.8 Å². The number of hydrogen-bond donors (Lipinski definition) is 3. The van der Waals surface area contributed by atoms with Crippen molar-refractivity contribution in [2.45, 2.75) is 56.6 Å². The number of aromatic nitrogens is 1. The summed E-state index contributed by atoms with van der Waals surface area (Å²) in [5.41, 5.74) is 4.71. The Kier molecular flexibility index (Phi) is 8.81. The molecule has 1 fully saturated rings. The molecule has 1 unspecified atom stereocenters. The van der Waals surface area contributed by atoms with Crippen LogP contribution in [0.5, 0.6) is 5.88 Å². The van der Waals surface area contributed by atoms with Gasteiger partial charge in [-0.3, -0.25) is 9.35 Å². The zero-order chi connectivity index (χ0) is 28.3. The number of ether oxygens (including phenoxy) is 1. The van der Waals surface area contributed by atoms with Crippen molar-refractivity contribution in [3.05, 3.63) is 53.2 Å². The fourth-order valence-electron chi connectivity index (χ4n) is 4.18. The van der Waals surface area contributed by atoms with Gasteiger partial charge >= 0.3 is 12.4 Å². The first-order chi connectivity index (χ1) is 17.5. The predicted molar refractivity (Wildman–Crippen MR) is 124 cm³/mol. The first kappa shape index (κ1) is 29.5. The fraction of sp³-hybridized carbons (Fsp3) is 0.478. The third-order valence-corrected chi connectivity index (χ3v) is 6.92. The number of pyridine rings is 1. The van der Waals surface area contributed by atoms with Crippen LogP contribution in [0.3, 0.4) is 0 Å². The molecule has 1 aromatic heterocycles. The van der Waals surface area contributed by atoms with Gasteiger partial charge in [0.2, 0.25) is 11.8 Å². The average molecular weight is 570 g/mol. The summed E-state index contributed by atoms with van der Waals surface area (Å²) in [5.74, 6) is -5.40. The van der Waals surface area contributed by atoms with E-state index in [4.69, 9.17) is 10.5 Å². The molecule has 1 aliphatic rings. The quantitative estimate of drug-likeness (QED) is 0.243. The van der Waals surface area contributed by atoms with E-state index in [1.54, 1.807) is 6.07 Å². The van der Waals surface area contributed by atoms with Crippen LogP contribution in [0.1, 0.15) is 48.4 Å². The highest BCUT2D eigenvalue weighted by Crippen LogP contribution is 2.39. The lowest BCUT2D eigenvalue weighted by Crippen LogP contribution is -2.34. The maximum absolute atomic E-state index is 13.3. The van der Waals surface area contributed by atoms with E-state index in [9.17, 15) is 44.1 Å². The van der Waals surface area contributed by atoms with Crippen molar-refractivity contribution in [3.63, 3.8) is 0 Å². The molecule has 0 bridgehead atoms. The number of nitrogen functional groups attached to an aromatic ring is 1. The summed E-state index contributed by atoms with van der Waals surface area (Å²) in [6, 6.07) is 7.49. The van der Waals surface area contributed by atoms with Crippen LogP contribution in [0.15, 0.2) is 36.4 Å². The molecule has 0 spiro atoms. The normalized spacial score (nSPS) is 19.6. The number of carbonyl (C=O) groups excluding carboxylic acids is 1. The van der Waals surface area contributed by atoms with E-state index in [-0.39, 0.29) is 42.5 Å². The molecule has 8 nitrogen and oxygen atoms in total. The average Bonchev–Trinajstić information content (AvgIpc) is 2.80. The van der Waals surface area contributed by atoms with Gasteiger partial charge in [-0.1, -0.05) is 18.2 Å². The lowest BCUT2D eigenvalue weighted by Gasteiger charge is -2.30. The second kappa shape index (κ2) is 11.4. The number of rotatable bonds is 8. The number of alkyl halides is 6. The van der Waals surface area contributed by atoms with Crippen LogP contribution < -0.4 is 15.8 Å². The maximum Gasteiger partial charge on any atom is 0.433 e. The SMILES string of the molecule is Nc1ccccc1C(CS(=O)(=O)O)C(=O)NCc1ccc(C(F)(F)F)nc1OC1CCC(C(F)(F)F)CC1. The molecule has 38 heavy (non-hydrogen) atoms.